The zero-order valence-corrected chi connectivity index (χ0v) is 17.7. The Morgan fingerprint density at radius 2 is 1.43 bits per heavy atom. The van der Waals surface area contributed by atoms with E-state index in [4.69, 9.17) is 0 Å². The summed E-state index contributed by atoms with van der Waals surface area (Å²) in [6.07, 6.45) is 20.0. The van der Waals surface area contributed by atoms with Crippen molar-refractivity contribution in [2.75, 3.05) is 0 Å². The average Bonchev–Trinajstić information content (AvgIpc) is 2.92. The van der Waals surface area contributed by atoms with Crippen LogP contribution in [0.5, 0.6) is 0 Å². The molecule has 0 nitrogen and oxygen atoms in total. The molecule has 3 rings (SSSR count). The molecule has 2 aliphatic rings. The van der Waals surface area contributed by atoms with E-state index in [9.17, 15) is 0 Å². The van der Waals surface area contributed by atoms with Crippen molar-refractivity contribution < 1.29 is 0 Å². The molecular weight excluding hydrogens is 336 g/mol. The zero-order valence-electron chi connectivity index (χ0n) is 17.7. The molecule has 0 atom stereocenters. The summed E-state index contributed by atoms with van der Waals surface area (Å²) in [7, 11) is 0. The maximum Gasteiger partial charge on any atom is -0.0117 e. The first-order valence-electron chi connectivity index (χ1n) is 10.1. The van der Waals surface area contributed by atoms with Gasteiger partial charge in [-0.05, 0) is 71.3 Å². The van der Waals surface area contributed by atoms with E-state index in [0.29, 0.717) is 5.92 Å². The van der Waals surface area contributed by atoms with E-state index in [0.717, 1.165) is 0 Å². The van der Waals surface area contributed by atoms with E-state index in [1.54, 1.807) is 0 Å². The van der Waals surface area contributed by atoms with Crippen molar-refractivity contribution >= 4 is 6.08 Å². The lowest BCUT2D eigenvalue weighted by Gasteiger charge is -2.15. The largest absolute Gasteiger partial charge is 0.0622 e. The Hall–Kier alpha value is -2.86. The minimum atomic E-state index is 0.516. The van der Waals surface area contributed by atoms with Crippen LogP contribution < -0.4 is 0 Å². The smallest absolute Gasteiger partial charge is 0.0117 e. The average molecular weight is 367 g/mol. The number of hydrogen-bond donors (Lipinski definition) is 0. The Balaban J connectivity index is 1.97. The van der Waals surface area contributed by atoms with Gasteiger partial charge in [-0.15, -0.1) is 0 Å². The number of rotatable bonds is 4. The zero-order chi connectivity index (χ0) is 20.1. The summed E-state index contributed by atoms with van der Waals surface area (Å²) < 4.78 is 0. The number of benzene rings is 1. The topological polar surface area (TPSA) is 0 Å². The van der Waals surface area contributed by atoms with Crippen LogP contribution in [-0.4, -0.2) is 0 Å². The maximum atomic E-state index is 2.37. The molecule has 0 aliphatic heterocycles. The van der Waals surface area contributed by atoms with Gasteiger partial charge >= 0.3 is 0 Å². The highest BCUT2D eigenvalue weighted by atomic mass is 14.2. The lowest BCUT2D eigenvalue weighted by molar-refractivity contribution is 0.791. The highest BCUT2D eigenvalue weighted by Gasteiger charge is 2.18. The van der Waals surface area contributed by atoms with Crippen molar-refractivity contribution in [1.29, 1.82) is 0 Å². The number of fused-ring (bicyclic) bond motifs is 1. The van der Waals surface area contributed by atoms with Crippen LogP contribution in [0.2, 0.25) is 0 Å². The van der Waals surface area contributed by atoms with Crippen molar-refractivity contribution in [3.05, 3.63) is 124 Å². The van der Waals surface area contributed by atoms with Crippen LogP contribution in [0.15, 0.2) is 118 Å². The molecule has 0 saturated carbocycles. The lowest BCUT2D eigenvalue weighted by atomic mass is 9.89. The quantitative estimate of drug-likeness (QED) is 0.475. The second kappa shape index (κ2) is 8.89. The van der Waals surface area contributed by atoms with Gasteiger partial charge in [-0.3, -0.25) is 0 Å². The summed E-state index contributed by atoms with van der Waals surface area (Å²) in [5.41, 5.74) is 10.5. The van der Waals surface area contributed by atoms with Crippen molar-refractivity contribution in [3.8, 4) is 0 Å². The standard InChI is InChI=1S/C28H30/c1-20(2)26-18-16-22(4)28-23(5)25(17-15-21(3)27(28)19-26)14-10-9-13-24-11-7-6-8-12-24/h6-20H,1-5H3/b13-9+,14-10-. The summed E-state index contributed by atoms with van der Waals surface area (Å²) in [4.78, 5) is 0. The highest BCUT2D eigenvalue weighted by Crippen LogP contribution is 2.36. The molecule has 28 heavy (non-hydrogen) atoms. The molecule has 0 heteroatoms. The van der Waals surface area contributed by atoms with E-state index >= 15 is 0 Å². The molecule has 0 fully saturated rings. The first kappa shape index (κ1) is 19.9. The normalized spacial score (nSPS) is 17.7. The SMILES string of the molecule is CC1=C2C=C(C(C)C)C=CC(C)=C2C(C)=C(/C=C\C=C\c2ccccc2)C=C1. The molecule has 0 unspecified atom stereocenters. The first-order valence-corrected chi connectivity index (χ1v) is 10.1. The molecular formula is C28H30. The number of hydrogen-bond acceptors (Lipinski definition) is 0. The predicted molar refractivity (Wildman–Crippen MR) is 124 cm³/mol. The predicted octanol–water partition coefficient (Wildman–Crippen LogP) is 7.93. The van der Waals surface area contributed by atoms with Crippen LogP contribution in [0, 0.1) is 5.92 Å². The van der Waals surface area contributed by atoms with Gasteiger partial charge in [0, 0.05) is 0 Å². The number of allylic oxidation sites excluding steroid dienone is 15. The molecule has 142 valence electrons. The van der Waals surface area contributed by atoms with Crippen LogP contribution in [-0.2, 0) is 0 Å². The van der Waals surface area contributed by atoms with Crippen LogP contribution >= 0.6 is 0 Å². The molecule has 2 aliphatic carbocycles. The van der Waals surface area contributed by atoms with Gasteiger partial charge in [-0.2, -0.15) is 0 Å². The summed E-state index contributed by atoms with van der Waals surface area (Å²) >= 11 is 0. The van der Waals surface area contributed by atoms with Crippen LogP contribution in [0.3, 0.4) is 0 Å². The summed E-state index contributed by atoms with van der Waals surface area (Å²) in [5, 5.41) is 0. The van der Waals surface area contributed by atoms with E-state index < -0.39 is 0 Å². The third-order valence-electron chi connectivity index (χ3n) is 5.39. The lowest BCUT2D eigenvalue weighted by Crippen LogP contribution is -1.97. The molecule has 0 radical (unpaired) electrons. The molecule has 1 aromatic rings. The van der Waals surface area contributed by atoms with Crippen molar-refractivity contribution in [2.24, 2.45) is 5.92 Å². The molecule has 0 saturated heterocycles. The van der Waals surface area contributed by atoms with Gasteiger partial charge in [-0.1, -0.05) is 98.9 Å². The minimum absolute atomic E-state index is 0.516. The van der Waals surface area contributed by atoms with E-state index in [1.165, 1.54) is 44.6 Å². The van der Waals surface area contributed by atoms with Gasteiger partial charge in [0.05, 0.1) is 0 Å². The fraction of sp³-hybridized carbons (Fsp3) is 0.214. The molecule has 0 spiro atoms. The Morgan fingerprint density at radius 3 is 2.14 bits per heavy atom. The van der Waals surface area contributed by atoms with Gasteiger partial charge in [0.15, 0.2) is 0 Å². The van der Waals surface area contributed by atoms with Crippen LogP contribution in [0.4, 0.5) is 0 Å². The highest BCUT2D eigenvalue weighted by molar-refractivity contribution is 5.67. The minimum Gasteiger partial charge on any atom is -0.0622 e. The Morgan fingerprint density at radius 1 is 0.750 bits per heavy atom. The fourth-order valence-corrected chi connectivity index (χ4v) is 3.62. The first-order chi connectivity index (χ1) is 13.5. The Labute approximate surface area is 170 Å². The Kier molecular flexibility index (Phi) is 6.31. The van der Waals surface area contributed by atoms with E-state index in [-0.39, 0.29) is 0 Å². The molecule has 0 heterocycles. The van der Waals surface area contributed by atoms with Gasteiger partial charge in [0.25, 0.3) is 0 Å². The fourth-order valence-electron chi connectivity index (χ4n) is 3.62. The summed E-state index contributed by atoms with van der Waals surface area (Å²) in [5.74, 6) is 0.516. The van der Waals surface area contributed by atoms with Crippen molar-refractivity contribution in [2.45, 2.75) is 34.6 Å². The van der Waals surface area contributed by atoms with Crippen LogP contribution in [0.25, 0.3) is 6.08 Å². The van der Waals surface area contributed by atoms with Gasteiger partial charge in [0.2, 0.25) is 0 Å². The molecule has 0 aromatic heterocycles. The Bertz CT molecular complexity index is 978. The van der Waals surface area contributed by atoms with Gasteiger partial charge in [0.1, 0.15) is 0 Å². The monoisotopic (exact) mass is 366 g/mol. The van der Waals surface area contributed by atoms with Gasteiger partial charge in [-0.25, -0.2) is 0 Å². The molecule has 1 aromatic carbocycles. The van der Waals surface area contributed by atoms with E-state index in [2.05, 4.69) is 114 Å². The third-order valence-corrected chi connectivity index (χ3v) is 5.39. The maximum absolute atomic E-state index is 2.37. The third kappa shape index (κ3) is 4.51. The molecule has 0 bridgehead atoms. The summed E-state index contributed by atoms with van der Waals surface area (Å²) in [6, 6.07) is 10.4. The van der Waals surface area contributed by atoms with Crippen molar-refractivity contribution in [3.63, 3.8) is 0 Å². The second-order valence-electron chi connectivity index (χ2n) is 7.83. The van der Waals surface area contributed by atoms with Crippen LogP contribution in [0.1, 0.15) is 40.2 Å². The second-order valence-corrected chi connectivity index (χ2v) is 7.83. The summed E-state index contributed by atoms with van der Waals surface area (Å²) in [6.45, 7) is 11.2. The van der Waals surface area contributed by atoms with Crippen molar-refractivity contribution in [1.82, 2.24) is 0 Å². The van der Waals surface area contributed by atoms with E-state index in [1.807, 2.05) is 6.07 Å². The van der Waals surface area contributed by atoms with Gasteiger partial charge < -0.3 is 0 Å². The molecule has 0 N–H and O–H groups in total. The molecule has 0 amide bonds.